The van der Waals surface area contributed by atoms with E-state index in [1.54, 1.807) is 0 Å². The Morgan fingerprint density at radius 3 is 1.89 bits per heavy atom. The largest absolute Gasteiger partial charge is 0.422 e. The van der Waals surface area contributed by atoms with E-state index in [9.17, 15) is 30.3 Å². The fourth-order valence-electron chi connectivity index (χ4n) is 1.81. The minimum atomic E-state index is -1.11. The van der Waals surface area contributed by atoms with Crippen LogP contribution in [0.3, 0.4) is 0 Å². The molecule has 0 saturated carbocycles. The first-order valence-electron chi connectivity index (χ1n) is 4.92. The van der Waals surface area contributed by atoms with E-state index in [4.69, 9.17) is 0 Å². The lowest BCUT2D eigenvalue weighted by Crippen LogP contribution is -2.02. The third-order valence-electron chi connectivity index (χ3n) is 2.54. The zero-order valence-corrected chi connectivity index (χ0v) is 9.18. The summed E-state index contributed by atoms with van der Waals surface area (Å²) >= 11 is 0. The minimum Gasteiger partial charge on any atom is -0.258 e. The van der Waals surface area contributed by atoms with Gasteiger partial charge in [-0.05, 0) is 11.5 Å². The number of nitro groups is 3. The van der Waals surface area contributed by atoms with Gasteiger partial charge in [0.05, 0.1) is 20.2 Å². The van der Waals surface area contributed by atoms with Gasteiger partial charge in [-0.1, -0.05) is 18.2 Å². The molecule has 0 aliphatic carbocycles. The van der Waals surface area contributed by atoms with Crippen molar-refractivity contribution in [2.24, 2.45) is 0 Å². The molecule has 0 spiro atoms. The minimum absolute atomic E-state index is 0.00944. The van der Waals surface area contributed by atoms with Crippen LogP contribution in [0.25, 0.3) is 10.8 Å². The Labute approximate surface area is 104 Å². The molecule has 0 aromatic heterocycles. The lowest BCUT2D eigenvalue weighted by Gasteiger charge is -2.01. The van der Waals surface area contributed by atoms with Crippen LogP contribution in [-0.2, 0) is 0 Å². The van der Waals surface area contributed by atoms with E-state index in [1.807, 2.05) is 0 Å². The molecule has 0 unspecified atom stereocenters. The Morgan fingerprint density at radius 2 is 1.37 bits per heavy atom. The van der Waals surface area contributed by atoms with Crippen molar-refractivity contribution in [3.63, 3.8) is 0 Å². The van der Waals surface area contributed by atoms with Crippen LogP contribution in [0.1, 0.15) is 0 Å². The van der Waals surface area contributed by atoms with Gasteiger partial charge in [-0.15, -0.1) is 0 Å². The summed E-state index contributed by atoms with van der Waals surface area (Å²) in [6, 6.07) is 6.68. The highest BCUT2D eigenvalue weighted by Gasteiger charge is 2.38. The Bertz CT molecular complexity index is 727. The first-order chi connectivity index (χ1) is 8.93. The summed E-state index contributed by atoms with van der Waals surface area (Å²) in [5, 5.41) is 32.9. The summed E-state index contributed by atoms with van der Waals surface area (Å²) in [6.45, 7) is 0. The molecule has 0 radical (unpaired) electrons. The SMILES string of the molecule is O=[N+]([O-])c1cc2ccccc2c([N+](=O)[O-])c1[N+](=O)[O-]. The standard InChI is InChI=1S/C10H5N3O6/c14-11(15)8-5-6-3-1-2-4-7(6)9(12(16)17)10(8)13(18)19/h1-5H. The third-order valence-corrected chi connectivity index (χ3v) is 2.54. The quantitative estimate of drug-likeness (QED) is 0.617. The fraction of sp³-hybridized carbons (Fsp3) is 0. The van der Waals surface area contributed by atoms with E-state index < -0.39 is 31.8 Å². The monoisotopic (exact) mass is 263 g/mol. The molecule has 2 aromatic rings. The first kappa shape index (κ1) is 12.4. The smallest absolute Gasteiger partial charge is 0.258 e. The highest BCUT2D eigenvalue weighted by atomic mass is 16.6. The molecule has 0 aliphatic rings. The summed E-state index contributed by atoms with van der Waals surface area (Å²) < 4.78 is 0. The number of fused-ring (bicyclic) bond motifs is 1. The van der Waals surface area contributed by atoms with Gasteiger partial charge < -0.3 is 0 Å². The number of nitrogens with zero attached hydrogens (tertiary/aromatic N) is 3. The van der Waals surface area contributed by atoms with Crippen molar-refractivity contribution in [1.29, 1.82) is 0 Å². The molecular weight excluding hydrogens is 258 g/mol. The molecule has 0 atom stereocenters. The molecule has 0 bridgehead atoms. The molecule has 0 N–H and O–H groups in total. The topological polar surface area (TPSA) is 129 Å². The molecule has 2 rings (SSSR count). The summed E-state index contributed by atoms with van der Waals surface area (Å²) in [6.07, 6.45) is 0. The molecule has 0 amide bonds. The van der Waals surface area contributed by atoms with Gasteiger partial charge in [0.1, 0.15) is 0 Å². The molecule has 0 aliphatic heterocycles. The number of benzene rings is 2. The maximum atomic E-state index is 11.0. The van der Waals surface area contributed by atoms with Gasteiger partial charge in [0.15, 0.2) is 0 Å². The Hall–Kier alpha value is -3.10. The lowest BCUT2D eigenvalue weighted by atomic mass is 10.1. The highest BCUT2D eigenvalue weighted by molar-refractivity contribution is 5.98. The van der Waals surface area contributed by atoms with Crippen molar-refractivity contribution >= 4 is 27.8 Å². The Morgan fingerprint density at radius 1 is 0.789 bits per heavy atom. The van der Waals surface area contributed by atoms with Gasteiger partial charge in [0, 0.05) is 6.07 Å². The molecular formula is C10H5N3O6. The van der Waals surface area contributed by atoms with Gasteiger partial charge in [0.25, 0.3) is 0 Å². The normalized spacial score (nSPS) is 10.3. The number of nitro benzene ring substituents is 3. The van der Waals surface area contributed by atoms with Gasteiger partial charge in [-0.3, -0.25) is 30.3 Å². The second-order valence-corrected chi connectivity index (χ2v) is 3.59. The maximum absolute atomic E-state index is 11.0. The number of hydrogen-bond donors (Lipinski definition) is 0. The van der Waals surface area contributed by atoms with Crippen LogP contribution in [0, 0.1) is 30.3 Å². The zero-order chi connectivity index (χ0) is 14.2. The summed E-state index contributed by atoms with van der Waals surface area (Å²) in [7, 11) is 0. The van der Waals surface area contributed by atoms with Gasteiger partial charge in [-0.2, -0.15) is 0 Å². The van der Waals surface area contributed by atoms with Crippen molar-refractivity contribution < 1.29 is 14.8 Å². The van der Waals surface area contributed by atoms with Crippen LogP contribution in [0.4, 0.5) is 17.1 Å². The van der Waals surface area contributed by atoms with Crippen molar-refractivity contribution in [1.82, 2.24) is 0 Å². The molecule has 96 valence electrons. The second kappa shape index (κ2) is 4.29. The molecule has 0 heterocycles. The predicted molar refractivity (Wildman–Crippen MR) is 63.9 cm³/mol. The average Bonchev–Trinajstić information content (AvgIpc) is 2.35. The van der Waals surface area contributed by atoms with E-state index in [0.29, 0.717) is 0 Å². The summed E-state index contributed by atoms with van der Waals surface area (Å²) in [4.78, 5) is 29.6. The van der Waals surface area contributed by atoms with Crippen molar-refractivity contribution in [3.8, 4) is 0 Å². The molecule has 19 heavy (non-hydrogen) atoms. The summed E-state index contributed by atoms with van der Waals surface area (Å²) in [5.41, 5.74) is -2.86. The molecule has 9 heteroatoms. The average molecular weight is 263 g/mol. The van der Waals surface area contributed by atoms with Crippen molar-refractivity contribution in [2.45, 2.75) is 0 Å². The zero-order valence-electron chi connectivity index (χ0n) is 9.18. The third kappa shape index (κ3) is 1.92. The van der Waals surface area contributed by atoms with Crippen LogP contribution in [0.5, 0.6) is 0 Å². The van der Waals surface area contributed by atoms with Crippen LogP contribution in [0.2, 0.25) is 0 Å². The second-order valence-electron chi connectivity index (χ2n) is 3.59. The predicted octanol–water partition coefficient (Wildman–Crippen LogP) is 2.56. The highest BCUT2D eigenvalue weighted by Crippen LogP contribution is 2.42. The van der Waals surface area contributed by atoms with E-state index in [0.717, 1.165) is 6.07 Å². The van der Waals surface area contributed by atoms with Crippen LogP contribution in [-0.4, -0.2) is 14.8 Å². The van der Waals surface area contributed by atoms with Crippen molar-refractivity contribution in [3.05, 3.63) is 60.7 Å². The Kier molecular flexibility index (Phi) is 2.79. The maximum Gasteiger partial charge on any atom is 0.422 e. The van der Waals surface area contributed by atoms with Crippen LogP contribution < -0.4 is 0 Å². The van der Waals surface area contributed by atoms with Crippen LogP contribution >= 0.6 is 0 Å². The number of hydrogen-bond acceptors (Lipinski definition) is 6. The molecule has 9 nitrogen and oxygen atoms in total. The van der Waals surface area contributed by atoms with Gasteiger partial charge in [-0.25, -0.2) is 0 Å². The van der Waals surface area contributed by atoms with E-state index >= 15 is 0 Å². The molecule has 0 saturated heterocycles. The van der Waals surface area contributed by atoms with E-state index in [2.05, 4.69) is 0 Å². The van der Waals surface area contributed by atoms with Crippen molar-refractivity contribution in [2.75, 3.05) is 0 Å². The fourth-order valence-corrected chi connectivity index (χ4v) is 1.81. The first-order valence-corrected chi connectivity index (χ1v) is 4.92. The summed E-state index contributed by atoms with van der Waals surface area (Å²) in [5.74, 6) is 0. The van der Waals surface area contributed by atoms with E-state index in [1.165, 1.54) is 24.3 Å². The van der Waals surface area contributed by atoms with E-state index in [-0.39, 0.29) is 10.8 Å². The van der Waals surface area contributed by atoms with Gasteiger partial charge in [0.2, 0.25) is 0 Å². The number of rotatable bonds is 3. The molecule has 2 aromatic carbocycles. The molecule has 0 fully saturated rings. The van der Waals surface area contributed by atoms with Gasteiger partial charge >= 0.3 is 17.1 Å². The lowest BCUT2D eigenvalue weighted by molar-refractivity contribution is -0.440. The van der Waals surface area contributed by atoms with Crippen LogP contribution in [0.15, 0.2) is 30.3 Å². The Balaban J connectivity index is 3.04.